The summed E-state index contributed by atoms with van der Waals surface area (Å²) >= 11 is 6.15. The summed E-state index contributed by atoms with van der Waals surface area (Å²) in [6.45, 7) is 0. The Labute approximate surface area is 98.8 Å². The van der Waals surface area contributed by atoms with Crippen LogP contribution in [0.2, 0.25) is 5.02 Å². The molecule has 0 radical (unpaired) electrons. The highest BCUT2D eigenvalue weighted by molar-refractivity contribution is 6.35. The number of hydrogen-bond acceptors (Lipinski definition) is 2. The zero-order chi connectivity index (χ0) is 11.7. The van der Waals surface area contributed by atoms with Gasteiger partial charge in [0.1, 0.15) is 5.75 Å². The molecule has 4 heteroatoms. The summed E-state index contributed by atoms with van der Waals surface area (Å²) < 4.78 is 7.22. The SMILES string of the molecule is COc1ccc(Cl)c2c1c(CC#N)cn2C. The van der Waals surface area contributed by atoms with Crippen molar-refractivity contribution in [3.8, 4) is 11.8 Å². The van der Waals surface area contributed by atoms with Gasteiger partial charge in [0.15, 0.2) is 0 Å². The zero-order valence-corrected chi connectivity index (χ0v) is 9.88. The van der Waals surface area contributed by atoms with Gasteiger partial charge >= 0.3 is 0 Å². The fraction of sp³-hybridized carbons (Fsp3) is 0.250. The standard InChI is InChI=1S/C12H11ClN2O/c1-15-7-8(5-6-14)11-10(16-2)4-3-9(13)12(11)15/h3-4,7H,5H2,1-2H3. The molecule has 0 N–H and O–H groups in total. The molecular formula is C12H11ClN2O. The smallest absolute Gasteiger partial charge is 0.128 e. The van der Waals surface area contributed by atoms with E-state index in [1.54, 1.807) is 13.2 Å². The minimum absolute atomic E-state index is 0.355. The molecule has 0 unspecified atom stereocenters. The van der Waals surface area contributed by atoms with E-state index in [1.807, 2.05) is 23.9 Å². The van der Waals surface area contributed by atoms with E-state index in [2.05, 4.69) is 6.07 Å². The Bertz CT molecular complexity index is 581. The zero-order valence-electron chi connectivity index (χ0n) is 9.12. The number of aromatic nitrogens is 1. The second kappa shape index (κ2) is 4.07. The number of fused-ring (bicyclic) bond motifs is 1. The van der Waals surface area contributed by atoms with Crippen LogP contribution in [0.4, 0.5) is 0 Å². The van der Waals surface area contributed by atoms with Crippen molar-refractivity contribution < 1.29 is 4.74 Å². The summed E-state index contributed by atoms with van der Waals surface area (Å²) in [5.74, 6) is 0.755. The highest BCUT2D eigenvalue weighted by atomic mass is 35.5. The molecule has 82 valence electrons. The molecule has 1 aromatic heterocycles. The van der Waals surface area contributed by atoms with Crippen LogP contribution in [-0.4, -0.2) is 11.7 Å². The van der Waals surface area contributed by atoms with Gasteiger partial charge in [0.25, 0.3) is 0 Å². The number of ether oxygens (including phenoxy) is 1. The highest BCUT2D eigenvalue weighted by Crippen LogP contribution is 2.35. The molecule has 16 heavy (non-hydrogen) atoms. The number of hydrogen-bond donors (Lipinski definition) is 0. The van der Waals surface area contributed by atoms with E-state index in [0.29, 0.717) is 11.4 Å². The predicted molar refractivity (Wildman–Crippen MR) is 63.8 cm³/mol. The monoisotopic (exact) mass is 234 g/mol. The van der Waals surface area contributed by atoms with Crippen LogP contribution < -0.4 is 4.74 Å². The first-order valence-corrected chi connectivity index (χ1v) is 5.24. The Morgan fingerprint density at radius 3 is 2.88 bits per heavy atom. The number of benzene rings is 1. The van der Waals surface area contributed by atoms with Crippen molar-refractivity contribution in [2.75, 3.05) is 7.11 Å². The molecule has 0 atom stereocenters. The minimum atomic E-state index is 0.355. The summed E-state index contributed by atoms with van der Waals surface area (Å²) in [6, 6.07) is 5.78. The third-order valence-corrected chi connectivity index (χ3v) is 2.91. The molecule has 1 heterocycles. The van der Waals surface area contributed by atoms with Gasteiger partial charge in [0.2, 0.25) is 0 Å². The molecule has 0 aliphatic rings. The maximum Gasteiger partial charge on any atom is 0.128 e. The van der Waals surface area contributed by atoms with Crippen molar-refractivity contribution >= 4 is 22.5 Å². The largest absolute Gasteiger partial charge is 0.496 e. The van der Waals surface area contributed by atoms with E-state index in [0.717, 1.165) is 22.2 Å². The Kier molecular flexibility index (Phi) is 2.76. The van der Waals surface area contributed by atoms with Crippen molar-refractivity contribution in [3.05, 3.63) is 28.9 Å². The average Bonchev–Trinajstić information content (AvgIpc) is 2.59. The van der Waals surface area contributed by atoms with E-state index in [-0.39, 0.29) is 0 Å². The van der Waals surface area contributed by atoms with Crippen molar-refractivity contribution in [1.82, 2.24) is 4.57 Å². The number of nitrogens with zero attached hydrogens (tertiary/aromatic N) is 2. The van der Waals surface area contributed by atoms with E-state index in [9.17, 15) is 0 Å². The van der Waals surface area contributed by atoms with Gasteiger partial charge in [0.05, 0.1) is 30.1 Å². The first kappa shape index (κ1) is 10.8. The first-order valence-electron chi connectivity index (χ1n) is 4.86. The van der Waals surface area contributed by atoms with Gasteiger partial charge in [-0.25, -0.2) is 0 Å². The second-order valence-corrected chi connectivity index (χ2v) is 3.98. The molecule has 0 saturated heterocycles. The molecule has 2 rings (SSSR count). The van der Waals surface area contributed by atoms with Gasteiger partial charge < -0.3 is 9.30 Å². The number of nitriles is 1. The van der Waals surface area contributed by atoms with E-state index >= 15 is 0 Å². The van der Waals surface area contributed by atoms with Crippen molar-refractivity contribution in [2.45, 2.75) is 6.42 Å². The molecule has 0 bridgehead atoms. The van der Waals surface area contributed by atoms with Gasteiger partial charge in [-0.2, -0.15) is 5.26 Å². The Morgan fingerprint density at radius 1 is 1.50 bits per heavy atom. The van der Waals surface area contributed by atoms with E-state index in [4.69, 9.17) is 21.6 Å². The van der Waals surface area contributed by atoms with Crippen molar-refractivity contribution in [1.29, 1.82) is 5.26 Å². The number of aryl methyl sites for hydroxylation is 1. The summed E-state index contributed by atoms with van der Waals surface area (Å²) in [5.41, 5.74) is 1.85. The van der Waals surface area contributed by atoms with Crippen LogP contribution >= 0.6 is 11.6 Å². The van der Waals surface area contributed by atoms with Crippen LogP contribution in [-0.2, 0) is 13.5 Å². The Hall–Kier alpha value is -1.66. The lowest BCUT2D eigenvalue weighted by Crippen LogP contribution is -1.88. The number of halogens is 1. The molecule has 0 fully saturated rings. The molecule has 0 spiro atoms. The molecule has 0 aliphatic heterocycles. The topological polar surface area (TPSA) is 37.9 Å². The van der Waals surface area contributed by atoms with Gasteiger partial charge in [-0.3, -0.25) is 0 Å². The molecule has 0 saturated carbocycles. The molecule has 0 aliphatic carbocycles. The molecule has 2 aromatic rings. The normalized spacial score (nSPS) is 10.4. The molecule has 1 aromatic carbocycles. The Morgan fingerprint density at radius 2 is 2.25 bits per heavy atom. The third-order valence-electron chi connectivity index (χ3n) is 2.60. The van der Waals surface area contributed by atoms with Crippen LogP contribution in [0.1, 0.15) is 5.56 Å². The van der Waals surface area contributed by atoms with Gasteiger partial charge in [0, 0.05) is 18.6 Å². The molecular weight excluding hydrogens is 224 g/mol. The third kappa shape index (κ3) is 1.52. The van der Waals surface area contributed by atoms with Gasteiger partial charge in [-0.05, 0) is 17.7 Å². The maximum atomic E-state index is 8.79. The molecule has 0 amide bonds. The fourth-order valence-corrected chi connectivity index (χ4v) is 2.25. The van der Waals surface area contributed by atoms with Crippen molar-refractivity contribution in [3.63, 3.8) is 0 Å². The summed E-state index contributed by atoms with van der Waals surface area (Å²) in [5, 5.41) is 10.4. The van der Waals surface area contributed by atoms with E-state index in [1.165, 1.54) is 0 Å². The second-order valence-electron chi connectivity index (χ2n) is 3.57. The summed E-state index contributed by atoms with van der Waals surface area (Å²) in [6.07, 6.45) is 2.27. The van der Waals surface area contributed by atoms with Gasteiger partial charge in [-0.1, -0.05) is 11.6 Å². The van der Waals surface area contributed by atoms with Crippen LogP contribution in [0.3, 0.4) is 0 Å². The van der Waals surface area contributed by atoms with Crippen LogP contribution in [0, 0.1) is 11.3 Å². The van der Waals surface area contributed by atoms with Crippen molar-refractivity contribution in [2.24, 2.45) is 7.05 Å². The lowest BCUT2D eigenvalue weighted by molar-refractivity contribution is 0.419. The first-order chi connectivity index (χ1) is 7.69. The van der Waals surface area contributed by atoms with Gasteiger partial charge in [-0.15, -0.1) is 0 Å². The predicted octanol–water partition coefficient (Wildman–Crippen LogP) is 2.91. The molecule has 3 nitrogen and oxygen atoms in total. The maximum absolute atomic E-state index is 8.79. The quantitative estimate of drug-likeness (QED) is 0.801. The average molecular weight is 235 g/mol. The highest BCUT2D eigenvalue weighted by Gasteiger charge is 2.14. The van der Waals surface area contributed by atoms with Crippen LogP contribution in [0.15, 0.2) is 18.3 Å². The number of methoxy groups -OCH3 is 1. The minimum Gasteiger partial charge on any atom is -0.496 e. The van der Waals surface area contributed by atoms with Crippen LogP contribution in [0.5, 0.6) is 5.75 Å². The number of rotatable bonds is 2. The van der Waals surface area contributed by atoms with Crippen LogP contribution in [0.25, 0.3) is 10.9 Å². The summed E-state index contributed by atoms with van der Waals surface area (Å²) in [4.78, 5) is 0. The summed E-state index contributed by atoms with van der Waals surface area (Å²) in [7, 11) is 3.53. The Balaban J connectivity index is 2.85. The lowest BCUT2D eigenvalue weighted by Gasteiger charge is -2.05. The van der Waals surface area contributed by atoms with E-state index < -0.39 is 0 Å². The lowest BCUT2D eigenvalue weighted by atomic mass is 10.1. The fourth-order valence-electron chi connectivity index (χ4n) is 1.95.